The van der Waals surface area contributed by atoms with E-state index in [4.69, 9.17) is 4.74 Å². The summed E-state index contributed by atoms with van der Waals surface area (Å²) in [6.45, 7) is 2.09. The van der Waals surface area contributed by atoms with Crippen LogP contribution in [0.25, 0.3) is 16.8 Å². The predicted octanol–water partition coefficient (Wildman–Crippen LogP) is 2.99. The Kier molecular flexibility index (Phi) is 4.01. The van der Waals surface area contributed by atoms with Crippen molar-refractivity contribution < 1.29 is 4.74 Å². The Morgan fingerprint density at radius 2 is 2.08 bits per heavy atom. The van der Waals surface area contributed by atoms with Gasteiger partial charge in [0.05, 0.1) is 19.6 Å². The van der Waals surface area contributed by atoms with E-state index in [1.807, 2.05) is 18.2 Å². The molecule has 26 heavy (non-hydrogen) atoms. The number of nitrogens with one attached hydrogen (secondary N) is 1. The van der Waals surface area contributed by atoms with Crippen LogP contribution >= 0.6 is 0 Å². The fraction of sp³-hybridized carbons (Fsp3) is 0.150. The Bertz CT molecular complexity index is 1140. The first-order valence-corrected chi connectivity index (χ1v) is 8.30. The molecule has 0 bridgehead atoms. The Balaban J connectivity index is 1.69. The number of rotatable bonds is 4. The van der Waals surface area contributed by atoms with Gasteiger partial charge < -0.3 is 4.74 Å². The Morgan fingerprint density at radius 1 is 1.19 bits per heavy atom. The minimum Gasteiger partial charge on any atom is -0.497 e. The van der Waals surface area contributed by atoms with Gasteiger partial charge in [-0.05, 0) is 47.7 Å². The Hall–Kier alpha value is -3.41. The molecule has 4 aromatic rings. The van der Waals surface area contributed by atoms with Crippen LogP contribution in [0, 0.1) is 6.92 Å². The van der Waals surface area contributed by atoms with Crippen molar-refractivity contribution in [1.29, 1.82) is 0 Å². The lowest BCUT2D eigenvalue weighted by Gasteiger charge is -2.09. The van der Waals surface area contributed by atoms with Crippen molar-refractivity contribution in [2.45, 2.75) is 13.3 Å². The van der Waals surface area contributed by atoms with Gasteiger partial charge in [0, 0.05) is 5.56 Å². The first-order chi connectivity index (χ1) is 12.7. The molecule has 6 heteroatoms. The molecule has 2 heterocycles. The van der Waals surface area contributed by atoms with E-state index in [0.717, 1.165) is 23.3 Å². The third-order valence-corrected chi connectivity index (χ3v) is 4.49. The summed E-state index contributed by atoms with van der Waals surface area (Å²) in [4.78, 5) is 18.6. The summed E-state index contributed by atoms with van der Waals surface area (Å²) >= 11 is 0. The Labute approximate surface area is 150 Å². The molecule has 2 aromatic heterocycles. The minimum atomic E-state index is -0.299. The van der Waals surface area contributed by atoms with Crippen molar-refractivity contribution in [3.63, 3.8) is 0 Å². The number of aromatic amines is 1. The second-order valence-corrected chi connectivity index (χ2v) is 6.17. The molecule has 6 nitrogen and oxygen atoms in total. The summed E-state index contributed by atoms with van der Waals surface area (Å²) in [7, 11) is 1.68. The molecule has 130 valence electrons. The molecular weight excluding hydrogens is 328 g/mol. The van der Waals surface area contributed by atoms with Crippen LogP contribution < -0.4 is 10.4 Å². The third kappa shape index (κ3) is 2.86. The van der Waals surface area contributed by atoms with Gasteiger partial charge in [-0.3, -0.25) is 4.98 Å². The molecule has 0 saturated heterocycles. The maximum Gasteiger partial charge on any atom is 0.349 e. The molecule has 2 aromatic carbocycles. The van der Waals surface area contributed by atoms with Crippen molar-refractivity contribution in [1.82, 2.24) is 19.6 Å². The first kappa shape index (κ1) is 16.1. The lowest BCUT2D eigenvalue weighted by molar-refractivity contribution is 0.414. The van der Waals surface area contributed by atoms with Gasteiger partial charge in [-0.1, -0.05) is 30.3 Å². The van der Waals surface area contributed by atoms with Gasteiger partial charge in [0.15, 0.2) is 5.65 Å². The number of aromatic nitrogens is 4. The van der Waals surface area contributed by atoms with Crippen molar-refractivity contribution >= 4 is 5.65 Å². The van der Waals surface area contributed by atoms with Gasteiger partial charge >= 0.3 is 5.69 Å². The van der Waals surface area contributed by atoms with Crippen LogP contribution in [0.4, 0.5) is 0 Å². The molecule has 0 radical (unpaired) electrons. The number of fused-ring (bicyclic) bond motifs is 1. The van der Waals surface area contributed by atoms with Gasteiger partial charge in [-0.2, -0.15) is 9.61 Å². The van der Waals surface area contributed by atoms with E-state index in [0.29, 0.717) is 5.65 Å². The molecule has 0 spiro atoms. The summed E-state index contributed by atoms with van der Waals surface area (Å²) in [5.74, 6) is 0.861. The molecule has 0 atom stereocenters. The Morgan fingerprint density at radius 3 is 2.88 bits per heavy atom. The fourth-order valence-electron chi connectivity index (χ4n) is 3.09. The summed E-state index contributed by atoms with van der Waals surface area (Å²) in [5, 5.41) is 4.13. The van der Waals surface area contributed by atoms with Gasteiger partial charge in [0.1, 0.15) is 5.75 Å². The average molecular weight is 346 g/mol. The van der Waals surface area contributed by atoms with E-state index in [1.165, 1.54) is 27.5 Å². The fourth-order valence-corrected chi connectivity index (χ4v) is 3.09. The van der Waals surface area contributed by atoms with Crippen LogP contribution in [-0.2, 0) is 6.42 Å². The van der Waals surface area contributed by atoms with Gasteiger partial charge in [0.2, 0.25) is 0 Å². The SMILES string of the molecule is COc1cccc(Cc2ccc(-c3cnn4c(=O)[nH]cnc34)cc2C)c1. The number of H-pyrrole nitrogens is 1. The maximum absolute atomic E-state index is 11.8. The van der Waals surface area contributed by atoms with Crippen LogP contribution in [0.15, 0.2) is 59.8 Å². The van der Waals surface area contributed by atoms with Crippen molar-refractivity contribution in [3.05, 3.63) is 82.2 Å². The highest BCUT2D eigenvalue weighted by molar-refractivity contribution is 5.77. The van der Waals surface area contributed by atoms with E-state index in [-0.39, 0.29) is 5.69 Å². The summed E-state index contributed by atoms with van der Waals surface area (Å²) in [6, 6.07) is 14.4. The molecule has 0 amide bonds. The molecule has 0 saturated carbocycles. The van der Waals surface area contributed by atoms with Crippen LogP contribution in [0.1, 0.15) is 16.7 Å². The van der Waals surface area contributed by atoms with Crippen LogP contribution in [0.5, 0.6) is 5.75 Å². The van der Waals surface area contributed by atoms with E-state index >= 15 is 0 Å². The van der Waals surface area contributed by atoms with Crippen LogP contribution in [0.2, 0.25) is 0 Å². The zero-order valence-electron chi connectivity index (χ0n) is 14.6. The van der Waals surface area contributed by atoms with E-state index in [2.05, 4.69) is 46.3 Å². The number of methoxy groups -OCH3 is 1. The summed E-state index contributed by atoms with van der Waals surface area (Å²) in [6.07, 6.45) is 3.90. The van der Waals surface area contributed by atoms with Gasteiger partial charge in [-0.25, -0.2) is 9.78 Å². The van der Waals surface area contributed by atoms with E-state index < -0.39 is 0 Å². The van der Waals surface area contributed by atoms with E-state index in [9.17, 15) is 4.79 Å². The molecule has 0 aliphatic heterocycles. The first-order valence-electron chi connectivity index (χ1n) is 8.30. The highest BCUT2D eigenvalue weighted by Crippen LogP contribution is 2.26. The van der Waals surface area contributed by atoms with Crippen LogP contribution in [-0.4, -0.2) is 26.7 Å². The number of hydrogen-bond donors (Lipinski definition) is 1. The highest BCUT2D eigenvalue weighted by atomic mass is 16.5. The molecule has 0 unspecified atom stereocenters. The van der Waals surface area contributed by atoms with Crippen LogP contribution in [0.3, 0.4) is 0 Å². The quantitative estimate of drug-likeness (QED) is 0.616. The second kappa shape index (κ2) is 6.48. The predicted molar refractivity (Wildman–Crippen MR) is 99.6 cm³/mol. The molecule has 0 aliphatic rings. The third-order valence-electron chi connectivity index (χ3n) is 4.49. The topological polar surface area (TPSA) is 72.3 Å². The second-order valence-electron chi connectivity index (χ2n) is 6.17. The number of hydrogen-bond acceptors (Lipinski definition) is 4. The van der Waals surface area contributed by atoms with Gasteiger partial charge in [-0.15, -0.1) is 0 Å². The van der Waals surface area contributed by atoms with Crippen molar-refractivity contribution in [2.75, 3.05) is 7.11 Å². The van der Waals surface area contributed by atoms with Crippen molar-refractivity contribution in [3.8, 4) is 16.9 Å². The standard InChI is InChI=1S/C20H18N4O2/c1-13-8-16(18-11-23-24-19(18)21-12-22-20(24)25)7-6-15(13)9-14-4-3-5-17(10-14)26-2/h3-8,10-12H,9H2,1-2H3,(H,21,22,25). The zero-order valence-corrected chi connectivity index (χ0v) is 14.6. The lowest BCUT2D eigenvalue weighted by Crippen LogP contribution is -2.17. The number of benzene rings is 2. The van der Waals surface area contributed by atoms with Crippen molar-refractivity contribution in [2.24, 2.45) is 0 Å². The lowest BCUT2D eigenvalue weighted by atomic mass is 9.97. The number of ether oxygens (including phenoxy) is 1. The summed E-state index contributed by atoms with van der Waals surface area (Å²) in [5.41, 5.74) is 5.70. The van der Waals surface area contributed by atoms with E-state index in [1.54, 1.807) is 13.3 Å². The maximum atomic E-state index is 11.8. The summed E-state index contributed by atoms with van der Waals surface area (Å²) < 4.78 is 6.57. The van der Waals surface area contributed by atoms with Gasteiger partial charge in [0.25, 0.3) is 0 Å². The normalized spacial score (nSPS) is 11.0. The molecule has 1 N–H and O–H groups in total. The monoisotopic (exact) mass is 346 g/mol. The average Bonchev–Trinajstić information content (AvgIpc) is 3.09. The smallest absolute Gasteiger partial charge is 0.349 e. The molecule has 0 fully saturated rings. The number of aryl methyl sites for hydroxylation is 1. The largest absolute Gasteiger partial charge is 0.497 e. The zero-order chi connectivity index (χ0) is 18.1. The minimum absolute atomic E-state index is 0.299. The molecular formula is C20H18N4O2. The highest BCUT2D eigenvalue weighted by Gasteiger charge is 2.11. The molecule has 0 aliphatic carbocycles. The molecule has 4 rings (SSSR count). The number of nitrogens with zero attached hydrogens (tertiary/aromatic N) is 3.